The lowest BCUT2D eigenvalue weighted by Crippen LogP contribution is -2.44. The Kier molecular flexibility index (Phi) is 5.43. The summed E-state index contributed by atoms with van der Waals surface area (Å²) in [5.74, 6) is 0.286. The number of rotatable bonds is 4. The van der Waals surface area contributed by atoms with Crippen molar-refractivity contribution < 1.29 is 27.4 Å². The number of alkyl halides is 3. The maximum absolute atomic E-state index is 12.6. The second-order valence-corrected chi connectivity index (χ2v) is 5.98. The number of carbonyl (C=O) groups is 1. The van der Waals surface area contributed by atoms with E-state index in [1.165, 1.54) is 12.0 Å². The second kappa shape index (κ2) is 7.77. The summed E-state index contributed by atoms with van der Waals surface area (Å²) in [6.45, 7) is 0.793. The smallest absolute Gasteiger partial charge is 0.433 e. The van der Waals surface area contributed by atoms with E-state index in [9.17, 15) is 18.0 Å². The van der Waals surface area contributed by atoms with Crippen LogP contribution in [-0.2, 0) is 6.18 Å². The maximum Gasteiger partial charge on any atom is 0.433 e. The fourth-order valence-electron chi connectivity index (χ4n) is 2.74. The van der Waals surface area contributed by atoms with Gasteiger partial charge in [-0.25, -0.2) is 0 Å². The van der Waals surface area contributed by atoms with Crippen LogP contribution in [0.5, 0.6) is 11.8 Å². The Morgan fingerprint density at radius 1 is 1.19 bits per heavy atom. The van der Waals surface area contributed by atoms with Gasteiger partial charge in [0.05, 0.1) is 19.2 Å². The van der Waals surface area contributed by atoms with Crippen molar-refractivity contribution >= 4 is 5.91 Å². The normalized spacial score (nSPS) is 17.5. The van der Waals surface area contributed by atoms with E-state index in [4.69, 9.17) is 9.47 Å². The third-order valence-electron chi connectivity index (χ3n) is 4.08. The molecule has 0 radical (unpaired) electrons. The van der Waals surface area contributed by atoms with Crippen LogP contribution in [-0.4, -0.2) is 52.3 Å². The molecule has 1 fully saturated rings. The van der Waals surface area contributed by atoms with Crippen molar-refractivity contribution in [2.24, 2.45) is 0 Å². The van der Waals surface area contributed by atoms with Gasteiger partial charge in [-0.2, -0.15) is 13.2 Å². The van der Waals surface area contributed by atoms with Crippen molar-refractivity contribution in [3.8, 4) is 11.8 Å². The highest BCUT2D eigenvalue weighted by Gasteiger charge is 2.33. The van der Waals surface area contributed by atoms with Gasteiger partial charge in [0.25, 0.3) is 5.91 Å². The van der Waals surface area contributed by atoms with Crippen LogP contribution in [0.25, 0.3) is 0 Å². The fourth-order valence-corrected chi connectivity index (χ4v) is 2.74. The van der Waals surface area contributed by atoms with Crippen LogP contribution < -0.4 is 9.47 Å². The Morgan fingerprint density at radius 2 is 1.93 bits per heavy atom. The highest BCUT2D eigenvalue weighted by molar-refractivity contribution is 5.94. The highest BCUT2D eigenvalue weighted by Crippen LogP contribution is 2.27. The Labute approximate surface area is 153 Å². The predicted octanol–water partition coefficient (Wildman–Crippen LogP) is 2.58. The van der Waals surface area contributed by atoms with E-state index in [-0.39, 0.29) is 17.6 Å². The first-order chi connectivity index (χ1) is 12.9. The van der Waals surface area contributed by atoms with Crippen molar-refractivity contribution in [2.75, 3.05) is 20.2 Å². The number of halogens is 3. The lowest BCUT2D eigenvalue weighted by molar-refractivity contribution is -0.141. The summed E-state index contributed by atoms with van der Waals surface area (Å²) >= 11 is 0. The monoisotopic (exact) mass is 382 g/mol. The van der Waals surface area contributed by atoms with Gasteiger partial charge in [-0.3, -0.25) is 9.78 Å². The van der Waals surface area contributed by atoms with Crippen molar-refractivity contribution in [1.29, 1.82) is 0 Å². The van der Waals surface area contributed by atoms with E-state index < -0.39 is 11.9 Å². The SMILES string of the molecule is COc1ccc(OC2CCCN(C(=O)c3ccc(C(F)(F)F)nc3)C2)nn1. The summed E-state index contributed by atoms with van der Waals surface area (Å²) in [5, 5.41) is 7.70. The van der Waals surface area contributed by atoms with Crippen LogP contribution in [0.2, 0.25) is 0 Å². The van der Waals surface area contributed by atoms with E-state index in [1.807, 2.05) is 0 Å². The van der Waals surface area contributed by atoms with Gasteiger partial charge in [0, 0.05) is 24.9 Å². The number of carbonyl (C=O) groups excluding carboxylic acids is 1. The molecule has 2 aromatic heterocycles. The molecule has 0 bridgehead atoms. The Bertz CT molecular complexity index is 782. The van der Waals surface area contributed by atoms with Crippen LogP contribution in [0, 0.1) is 0 Å². The highest BCUT2D eigenvalue weighted by atomic mass is 19.4. The summed E-state index contributed by atoms with van der Waals surface area (Å²) in [5.41, 5.74) is -0.926. The van der Waals surface area contributed by atoms with E-state index in [0.717, 1.165) is 24.8 Å². The van der Waals surface area contributed by atoms with Crippen LogP contribution >= 0.6 is 0 Å². The molecule has 1 amide bonds. The molecule has 7 nitrogen and oxygen atoms in total. The maximum atomic E-state index is 12.6. The third-order valence-corrected chi connectivity index (χ3v) is 4.08. The first-order valence-corrected chi connectivity index (χ1v) is 8.23. The van der Waals surface area contributed by atoms with Gasteiger partial charge in [0.2, 0.25) is 11.8 Å². The number of ether oxygens (including phenoxy) is 2. The molecule has 1 aliphatic heterocycles. The van der Waals surface area contributed by atoms with Crippen LogP contribution in [0.3, 0.4) is 0 Å². The zero-order valence-corrected chi connectivity index (χ0v) is 14.4. The topological polar surface area (TPSA) is 77.4 Å². The molecular formula is C17H17F3N4O3. The lowest BCUT2D eigenvalue weighted by Gasteiger charge is -2.32. The second-order valence-electron chi connectivity index (χ2n) is 5.98. The molecule has 0 aliphatic carbocycles. The van der Waals surface area contributed by atoms with Crippen molar-refractivity contribution in [3.63, 3.8) is 0 Å². The standard InChI is InChI=1S/C17H17F3N4O3/c1-26-14-6-7-15(23-22-14)27-12-3-2-8-24(10-12)16(25)11-4-5-13(21-9-11)17(18,19)20/h4-7,9,12H,2-3,8,10H2,1H3. The van der Waals surface area contributed by atoms with Crippen LogP contribution in [0.15, 0.2) is 30.5 Å². The number of likely N-dealkylation sites (tertiary alicyclic amines) is 1. The average Bonchev–Trinajstić information content (AvgIpc) is 2.68. The minimum absolute atomic E-state index is 0.105. The summed E-state index contributed by atoms with van der Waals surface area (Å²) in [6, 6.07) is 5.17. The van der Waals surface area contributed by atoms with Crippen molar-refractivity contribution in [3.05, 3.63) is 41.7 Å². The van der Waals surface area contributed by atoms with E-state index in [1.54, 1.807) is 12.1 Å². The van der Waals surface area contributed by atoms with Crippen molar-refractivity contribution in [2.45, 2.75) is 25.1 Å². The molecular weight excluding hydrogens is 365 g/mol. The molecule has 1 atom stereocenters. The Hall–Kier alpha value is -2.91. The van der Waals surface area contributed by atoms with Gasteiger partial charge < -0.3 is 14.4 Å². The number of hydrogen-bond donors (Lipinski definition) is 0. The number of methoxy groups -OCH3 is 1. The Balaban J connectivity index is 1.63. The van der Waals surface area contributed by atoms with Gasteiger partial charge in [0.1, 0.15) is 11.8 Å². The van der Waals surface area contributed by atoms with Crippen LogP contribution in [0.4, 0.5) is 13.2 Å². The third kappa shape index (κ3) is 4.63. The number of piperidine rings is 1. The molecule has 0 N–H and O–H groups in total. The minimum atomic E-state index is -4.54. The molecule has 0 spiro atoms. The number of nitrogens with zero attached hydrogens (tertiary/aromatic N) is 4. The van der Waals surface area contributed by atoms with E-state index in [0.29, 0.717) is 31.3 Å². The summed E-state index contributed by atoms with van der Waals surface area (Å²) < 4.78 is 48.4. The van der Waals surface area contributed by atoms with Gasteiger partial charge in [-0.15, -0.1) is 10.2 Å². The van der Waals surface area contributed by atoms with Crippen molar-refractivity contribution in [1.82, 2.24) is 20.1 Å². The molecule has 10 heteroatoms. The largest absolute Gasteiger partial charge is 0.480 e. The average molecular weight is 382 g/mol. The number of hydrogen-bond acceptors (Lipinski definition) is 6. The summed E-state index contributed by atoms with van der Waals surface area (Å²) in [4.78, 5) is 17.4. The number of pyridine rings is 1. The first kappa shape index (κ1) is 18.9. The van der Waals surface area contributed by atoms with E-state index >= 15 is 0 Å². The quantitative estimate of drug-likeness (QED) is 0.809. The molecule has 3 heterocycles. The zero-order chi connectivity index (χ0) is 19.4. The number of amides is 1. The Morgan fingerprint density at radius 3 is 2.52 bits per heavy atom. The summed E-state index contributed by atoms with van der Waals surface area (Å²) in [7, 11) is 1.48. The molecule has 1 saturated heterocycles. The molecule has 27 heavy (non-hydrogen) atoms. The van der Waals surface area contributed by atoms with Gasteiger partial charge in [-0.1, -0.05) is 0 Å². The van der Waals surface area contributed by atoms with E-state index in [2.05, 4.69) is 15.2 Å². The molecule has 3 rings (SSSR count). The zero-order valence-electron chi connectivity index (χ0n) is 14.4. The summed E-state index contributed by atoms with van der Waals surface area (Å²) in [6.07, 6.45) is -2.44. The minimum Gasteiger partial charge on any atom is -0.480 e. The molecule has 144 valence electrons. The lowest BCUT2D eigenvalue weighted by atomic mass is 10.1. The van der Waals surface area contributed by atoms with Gasteiger partial charge >= 0.3 is 6.18 Å². The van der Waals surface area contributed by atoms with Crippen LogP contribution in [0.1, 0.15) is 28.9 Å². The molecule has 2 aromatic rings. The molecule has 1 unspecified atom stereocenters. The molecule has 0 aromatic carbocycles. The molecule has 0 saturated carbocycles. The first-order valence-electron chi connectivity index (χ1n) is 8.23. The van der Waals surface area contributed by atoms with Gasteiger partial charge in [0.15, 0.2) is 0 Å². The number of aromatic nitrogens is 3. The fraction of sp³-hybridized carbons (Fsp3) is 0.412. The molecule has 1 aliphatic rings. The van der Waals surface area contributed by atoms with Gasteiger partial charge in [-0.05, 0) is 25.0 Å². The predicted molar refractivity (Wildman–Crippen MR) is 87.4 cm³/mol.